The molecule has 2 aromatic carbocycles. The maximum atomic E-state index is 13.5. The Morgan fingerprint density at radius 2 is 1.76 bits per heavy atom. The summed E-state index contributed by atoms with van der Waals surface area (Å²) in [7, 11) is 0. The van der Waals surface area contributed by atoms with E-state index in [9.17, 15) is 18.8 Å². The number of halogens is 1. The van der Waals surface area contributed by atoms with Crippen molar-refractivity contribution in [2.75, 3.05) is 0 Å². The summed E-state index contributed by atoms with van der Waals surface area (Å²) in [5.74, 6) is -1.74. The van der Waals surface area contributed by atoms with Crippen molar-refractivity contribution in [2.24, 2.45) is 0 Å². The fraction of sp³-hybridized carbons (Fsp3) is 0.385. The number of hydrogen-bond acceptors (Lipinski definition) is 5. The maximum absolute atomic E-state index is 13.5. The average molecular weight is 466 g/mol. The Bertz CT molecular complexity index is 1150. The minimum Gasteiger partial charge on any atom is -0.434 e. The van der Waals surface area contributed by atoms with Gasteiger partial charge in [0, 0.05) is 5.56 Å². The molecule has 178 valence electrons. The standard InChI is InChI=1S/C26H28FN3O4/c1-2-8-20(22(31)24-28-19-9-4-5-10-21(19)34-24)29-25(33)26(15-6-3-7-16-26)30-23(32)17-11-13-18(27)14-12-17/h4-5,9-14,20H,2-3,6-8,15-16H2,1H3,(H,29,33)(H,30,32)/t20-/m0/s1. The Morgan fingerprint density at radius 1 is 1.06 bits per heavy atom. The number of para-hydroxylation sites is 2. The molecule has 0 aliphatic heterocycles. The molecule has 0 spiro atoms. The van der Waals surface area contributed by atoms with Crippen LogP contribution >= 0.6 is 0 Å². The molecule has 7 nitrogen and oxygen atoms in total. The van der Waals surface area contributed by atoms with Gasteiger partial charge in [-0.3, -0.25) is 14.4 Å². The van der Waals surface area contributed by atoms with Crippen LogP contribution in [0, 0.1) is 5.82 Å². The number of rotatable bonds is 8. The molecule has 1 aliphatic rings. The Balaban J connectivity index is 1.55. The van der Waals surface area contributed by atoms with Crippen molar-refractivity contribution in [3.8, 4) is 0 Å². The molecule has 0 saturated heterocycles. The fourth-order valence-corrected chi connectivity index (χ4v) is 4.44. The van der Waals surface area contributed by atoms with Gasteiger partial charge in [0.25, 0.3) is 11.8 Å². The van der Waals surface area contributed by atoms with E-state index >= 15 is 0 Å². The van der Waals surface area contributed by atoms with E-state index in [2.05, 4.69) is 15.6 Å². The van der Waals surface area contributed by atoms with E-state index in [4.69, 9.17) is 4.42 Å². The molecule has 0 bridgehead atoms. The first-order valence-electron chi connectivity index (χ1n) is 11.7. The Labute approximate surface area is 197 Å². The number of fused-ring (bicyclic) bond motifs is 1. The van der Waals surface area contributed by atoms with Gasteiger partial charge in [-0.15, -0.1) is 0 Å². The van der Waals surface area contributed by atoms with Crippen molar-refractivity contribution >= 4 is 28.7 Å². The number of oxazole rings is 1. The predicted octanol–water partition coefficient (Wildman–Crippen LogP) is 4.57. The van der Waals surface area contributed by atoms with E-state index in [0.29, 0.717) is 36.8 Å². The number of hydrogen-bond donors (Lipinski definition) is 2. The molecule has 3 aromatic rings. The monoisotopic (exact) mass is 465 g/mol. The summed E-state index contributed by atoms with van der Waals surface area (Å²) in [6.07, 6.45) is 4.49. The second kappa shape index (κ2) is 10.2. The number of carbonyl (C=O) groups is 3. The minimum atomic E-state index is -1.14. The molecule has 1 saturated carbocycles. The largest absolute Gasteiger partial charge is 0.434 e. The van der Waals surface area contributed by atoms with Crippen molar-refractivity contribution in [3.63, 3.8) is 0 Å². The van der Waals surface area contributed by atoms with Crippen LogP contribution in [0.15, 0.2) is 52.9 Å². The topological polar surface area (TPSA) is 101 Å². The van der Waals surface area contributed by atoms with Crippen LogP contribution in [-0.4, -0.2) is 34.2 Å². The summed E-state index contributed by atoms with van der Waals surface area (Å²) in [5.41, 5.74) is 0.203. The van der Waals surface area contributed by atoms with Crippen molar-refractivity contribution in [3.05, 3.63) is 65.8 Å². The number of nitrogens with one attached hydrogen (secondary N) is 2. The molecular formula is C26H28FN3O4. The number of Topliss-reactive ketones (excluding diaryl/α,β-unsaturated/α-hetero) is 1. The van der Waals surface area contributed by atoms with Crippen molar-refractivity contribution in [1.29, 1.82) is 0 Å². The third-order valence-electron chi connectivity index (χ3n) is 6.30. The van der Waals surface area contributed by atoms with Gasteiger partial charge < -0.3 is 15.1 Å². The zero-order valence-corrected chi connectivity index (χ0v) is 19.1. The van der Waals surface area contributed by atoms with E-state index in [1.165, 1.54) is 24.3 Å². The zero-order valence-electron chi connectivity index (χ0n) is 19.1. The molecule has 2 amide bonds. The van der Waals surface area contributed by atoms with Gasteiger partial charge in [-0.25, -0.2) is 9.37 Å². The molecule has 1 heterocycles. The first kappa shape index (κ1) is 23.6. The molecule has 1 aliphatic carbocycles. The van der Waals surface area contributed by atoms with Crippen LogP contribution < -0.4 is 10.6 Å². The number of aromatic nitrogens is 1. The van der Waals surface area contributed by atoms with Gasteiger partial charge >= 0.3 is 0 Å². The maximum Gasteiger partial charge on any atom is 0.266 e. The van der Waals surface area contributed by atoms with E-state index in [0.717, 1.165) is 19.3 Å². The third-order valence-corrected chi connectivity index (χ3v) is 6.30. The van der Waals surface area contributed by atoms with Crippen LogP contribution in [-0.2, 0) is 4.79 Å². The summed E-state index contributed by atoms with van der Waals surface area (Å²) in [4.78, 5) is 43.9. The second-order valence-corrected chi connectivity index (χ2v) is 8.77. The van der Waals surface area contributed by atoms with Gasteiger partial charge in [0.2, 0.25) is 11.7 Å². The van der Waals surface area contributed by atoms with Gasteiger partial charge in [-0.05, 0) is 55.7 Å². The minimum absolute atomic E-state index is 0.0482. The lowest BCUT2D eigenvalue weighted by molar-refractivity contribution is -0.129. The van der Waals surface area contributed by atoms with Crippen molar-refractivity contribution in [2.45, 2.75) is 63.5 Å². The van der Waals surface area contributed by atoms with Gasteiger partial charge in [0.15, 0.2) is 5.58 Å². The smallest absolute Gasteiger partial charge is 0.266 e. The number of amides is 2. The van der Waals surface area contributed by atoms with Crippen molar-refractivity contribution in [1.82, 2.24) is 15.6 Å². The normalized spacial score (nSPS) is 16.1. The summed E-state index contributed by atoms with van der Waals surface area (Å²) in [6, 6.07) is 11.4. The molecule has 1 atom stereocenters. The molecular weight excluding hydrogens is 437 g/mol. The SMILES string of the molecule is CCC[C@H](NC(=O)C1(NC(=O)c2ccc(F)cc2)CCCCC1)C(=O)c1nc2ccccc2o1. The van der Waals surface area contributed by atoms with E-state index in [1.807, 2.05) is 6.92 Å². The quantitative estimate of drug-likeness (QED) is 0.475. The number of carbonyl (C=O) groups excluding carboxylic acids is 3. The molecule has 8 heteroatoms. The van der Waals surface area contributed by atoms with Crippen LogP contribution in [0.25, 0.3) is 11.1 Å². The fourth-order valence-electron chi connectivity index (χ4n) is 4.44. The van der Waals surface area contributed by atoms with E-state index < -0.39 is 35.0 Å². The summed E-state index contributed by atoms with van der Waals surface area (Å²) >= 11 is 0. The Hall–Kier alpha value is -3.55. The Morgan fingerprint density at radius 3 is 2.44 bits per heavy atom. The van der Waals surface area contributed by atoms with Gasteiger partial charge in [-0.2, -0.15) is 0 Å². The molecule has 0 unspecified atom stereocenters. The zero-order chi connectivity index (χ0) is 24.1. The lowest BCUT2D eigenvalue weighted by Gasteiger charge is -2.37. The summed E-state index contributed by atoms with van der Waals surface area (Å²) in [5, 5.41) is 5.77. The lowest BCUT2D eigenvalue weighted by Crippen LogP contribution is -2.62. The van der Waals surface area contributed by atoms with Crippen molar-refractivity contribution < 1.29 is 23.2 Å². The number of nitrogens with zero attached hydrogens (tertiary/aromatic N) is 1. The predicted molar refractivity (Wildman–Crippen MR) is 125 cm³/mol. The highest BCUT2D eigenvalue weighted by Crippen LogP contribution is 2.29. The molecule has 4 rings (SSSR count). The second-order valence-electron chi connectivity index (χ2n) is 8.77. The highest BCUT2D eigenvalue weighted by Gasteiger charge is 2.42. The summed E-state index contributed by atoms with van der Waals surface area (Å²) in [6.45, 7) is 1.92. The summed E-state index contributed by atoms with van der Waals surface area (Å²) < 4.78 is 18.9. The lowest BCUT2D eigenvalue weighted by atomic mass is 9.80. The van der Waals surface area contributed by atoms with Gasteiger partial charge in [0.05, 0.1) is 6.04 Å². The Kier molecular flexibility index (Phi) is 7.05. The average Bonchev–Trinajstić information content (AvgIpc) is 3.28. The molecule has 1 aromatic heterocycles. The van der Waals surface area contributed by atoms with Gasteiger partial charge in [0.1, 0.15) is 16.9 Å². The van der Waals surface area contributed by atoms with Crippen LogP contribution in [0.2, 0.25) is 0 Å². The number of ketones is 1. The molecule has 0 radical (unpaired) electrons. The first-order valence-corrected chi connectivity index (χ1v) is 11.7. The van der Waals surface area contributed by atoms with E-state index in [-0.39, 0.29) is 11.5 Å². The highest BCUT2D eigenvalue weighted by molar-refractivity contribution is 6.03. The van der Waals surface area contributed by atoms with Gasteiger partial charge in [-0.1, -0.05) is 44.7 Å². The van der Waals surface area contributed by atoms with E-state index in [1.54, 1.807) is 24.3 Å². The van der Waals surface area contributed by atoms with Crippen LogP contribution in [0.3, 0.4) is 0 Å². The van der Waals surface area contributed by atoms with Crippen LogP contribution in [0.4, 0.5) is 4.39 Å². The highest BCUT2D eigenvalue weighted by atomic mass is 19.1. The third kappa shape index (κ3) is 5.00. The first-order chi connectivity index (χ1) is 16.4. The molecule has 1 fully saturated rings. The molecule has 2 N–H and O–H groups in total. The molecule has 34 heavy (non-hydrogen) atoms. The van der Waals surface area contributed by atoms with Crippen LogP contribution in [0.5, 0.6) is 0 Å². The van der Waals surface area contributed by atoms with Crippen LogP contribution in [0.1, 0.15) is 72.9 Å². The number of benzene rings is 2.